The van der Waals surface area contributed by atoms with Gasteiger partial charge in [-0.15, -0.1) is 0 Å². The van der Waals surface area contributed by atoms with Gasteiger partial charge in [0.25, 0.3) is 5.91 Å². The van der Waals surface area contributed by atoms with E-state index in [1.54, 1.807) is 23.1 Å². The summed E-state index contributed by atoms with van der Waals surface area (Å²) >= 11 is 0. The average Bonchev–Trinajstić information content (AvgIpc) is 3.02. The first-order chi connectivity index (χ1) is 14.9. The molecule has 1 fully saturated rings. The summed E-state index contributed by atoms with van der Waals surface area (Å²) in [5.74, 6) is 1.02. The number of nitrogens with one attached hydrogen (secondary N) is 1. The van der Waals surface area contributed by atoms with E-state index in [1.165, 1.54) is 19.1 Å². The summed E-state index contributed by atoms with van der Waals surface area (Å²) in [6.45, 7) is 3.35. The van der Waals surface area contributed by atoms with Crippen LogP contribution in [0, 0.1) is 5.82 Å². The maximum Gasteiger partial charge on any atom is 0.251 e. The van der Waals surface area contributed by atoms with Crippen molar-refractivity contribution in [1.29, 1.82) is 0 Å². The Morgan fingerprint density at radius 2 is 1.71 bits per heavy atom. The lowest BCUT2D eigenvalue weighted by molar-refractivity contribution is -0.125. The van der Waals surface area contributed by atoms with Gasteiger partial charge in [-0.1, -0.05) is 6.07 Å². The first-order valence-electron chi connectivity index (χ1n) is 10.0. The minimum Gasteiger partial charge on any atom is -0.457 e. The molecule has 31 heavy (non-hydrogen) atoms. The van der Waals surface area contributed by atoms with Gasteiger partial charge in [-0.2, -0.15) is 0 Å². The van der Waals surface area contributed by atoms with Crippen molar-refractivity contribution in [1.82, 2.24) is 10.3 Å². The molecule has 1 unspecified atom stereocenters. The van der Waals surface area contributed by atoms with Crippen molar-refractivity contribution in [2.45, 2.75) is 32.4 Å². The number of carbonyl (C=O) groups excluding carboxylic acids is 2. The molecule has 0 saturated carbocycles. The molecule has 0 radical (unpaired) electrons. The van der Waals surface area contributed by atoms with Gasteiger partial charge < -0.3 is 10.1 Å². The van der Waals surface area contributed by atoms with Gasteiger partial charge >= 0.3 is 0 Å². The number of pyridine rings is 1. The molecule has 1 N–H and O–H groups in total. The van der Waals surface area contributed by atoms with Crippen LogP contribution < -0.4 is 15.0 Å². The molecule has 4 rings (SSSR count). The normalized spacial score (nSPS) is 18.2. The largest absolute Gasteiger partial charge is 0.457 e. The molecule has 1 aliphatic rings. The number of amides is 2. The standard InChI is InChI=1S/C24H22FN3O3/c1-15-14-22(26-16(2)29)24(30)28(15)23-5-3-4-21(27-23)17-6-10-19(11-7-17)31-20-12-8-18(25)9-13-20/h3-13,15,22H,14H2,1-2H3,(H,26,29)/t15?,22-/m0/s1. The van der Waals surface area contributed by atoms with Crippen molar-refractivity contribution in [3.05, 3.63) is 72.5 Å². The number of benzene rings is 2. The summed E-state index contributed by atoms with van der Waals surface area (Å²) in [6, 6.07) is 18.1. The number of aromatic nitrogens is 1. The molecular formula is C24H22FN3O3. The summed E-state index contributed by atoms with van der Waals surface area (Å²) in [5.41, 5.74) is 1.58. The van der Waals surface area contributed by atoms with Crippen molar-refractivity contribution in [2.75, 3.05) is 4.90 Å². The zero-order valence-electron chi connectivity index (χ0n) is 17.2. The molecule has 6 nitrogen and oxygen atoms in total. The van der Waals surface area contributed by atoms with Gasteiger partial charge in [-0.05, 0) is 74.0 Å². The lowest BCUT2D eigenvalue weighted by atomic mass is 10.1. The lowest BCUT2D eigenvalue weighted by Gasteiger charge is -2.21. The summed E-state index contributed by atoms with van der Waals surface area (Å²) in [5, 5.41) is 2.70. The number of nitrogens with zero attached hydrogens (tertiary/aromatic N) is 2. The molecular weight excluding hydrogens is 397 g/mol. The van der Waals surface area contributed by atoms with Crippen molar-refractivity contribution < 1.29 is 18.7 Å². The number of rotatable bonds is 5. The Hall–Kier alpha value is -3.74. The third kappa shape index (κ3) is 4.55. The number of halogens is 1. The number of carbonyl (C=O) groups is 2. The second-order valence-electron chi connectivity index (χ2n) is 7.51. The fourth-order valence-corrected chi connectivity index (χ4v) is 3.69. The van der Waals surface area contributed by atoms with Gasteiger partial charge in [-0.3, -0.25) is 14.5 Å². The zero-order valence-corrected chi connectivity index (χ0v) is 17.2. The second kappa shape index (κ2) is 8.55. The molecule has 0 spiro atoms. The Morgan fingerprint density at radius 3 is 2.35 bits per heavy atom. The van der Waals surface area contributed by atoms with Gasteiger partial charge in [0.1, 0.15) is 29.2 Å². The number of anilines is 1. The van der Waals surface area contributed by atoms with Gasteiger partial charge in [-0.25, -0.2) is 9.37 Å². The smallest absolute Gasteiger partial charge is 0.251 e. The van der Waals surface area contributed by atoms with Gasteiger partial charge in [0.15, 0.2) is 0 Å². The Kier molecular flexibility index (Phi) is 5.66. The van der Waals surface area contributed by atoms with Gasteiger partial charge in [0, 0.05) is 18.5 Å². The van der Waals surface area contributed by atoms with Crippen LogP contribution in [0.15, 0.2) is 66.7 Å². The molecule has 1 saturated heterocycles. The summed E-state index contributed by atoms with van der Waals surface area (Å²) < 4.78 is 18.8. The van der Waals surface area contributed by atoms with Gasteiger partial charge in [0.05, 0.1) is 5.69 Å². The van der Waals surface area contributed by atoms with E-state index < -0.39 is 6.04 Å². The van der Waals surface area contributed by atoms with Crippen LogP contribution in [0.1, 0.15) is 20.3 Å². The fraction of sp³-hybridized carbons (Fsp3) is 0.208. The summed E-state index contributed by atoms with van der Waals surface area (Å²) in [7, 11) is 0. The van der Waals surface area contributed by atoms with Crippen LogP contribution in [0.25, 0.3) is 11.3 Å². The monoisotopic (exact) mass is 419 g/mol. The Labute approximate surface area is 179 Å². The SMILES string of the molecule is CC(=O)N[C@H]1CC(C)N(c2cccc(-c3ccc(Oc4ccc(F)cc4)cc3)n2)C1=O. The third-order valence-electron chi connectivity index (χ3n) is 5.11. The molecule has 2 atom stereocenters. The molecule has 1 aliphatic heterocycles. The lowest BCUT2D eigenvalue weighted by Crippen LogP contribution is -2.41. The molecule has 1 aromatic heterocycles. The number of hydrogen-bond donors (Lipinski definition) is 1. The molecule has 0 aliphatic carbocycles. The maximum atomic E-state index is 13.0. The summed E-state index contributed by atoms with van der Waals surface area (Å²) in [4.78, 5) is 30.4. The van der Waals surface area contributed by atoms with E-state index in [1.807, 2.05) is 43.3 Å². The molecule has 0 bridgehead atoms. The minimum atomic E-state index is -0.527. The highest BCUT2D eigenvalue weighted by atomic mass is 19.1. The second-order valence-corrected chi connectivity index (χ2v) is 7.51. The molecule has 2 amide bonds. The predicted octanol–water partition coefficient (Wildman–Crippen LogP) is 4.31. The Balaban J connectivity index is 1.52. The first kappa shape index (κ1) is 20.5. The highest BCUT2D eigenvalue weighted by Crippen LogP contribution is 2.29. The van der Waals surface area contributed by atoms with E-state index >= 15 is 0 Å². The maximum absolute atomic E-state index is 13.0. The van der Waals surface area contributed by atoms with E-state index in [0.717, 1.165) is 5.56 Å². The van der Waals surface area contributed by atoms with Crippen molar-refractivity contribution >= 4 is 17.6 Å². The van der Waals surface area contributed by atoms with Crippen LogP contribution >= 0.6 is 0 Å². The minimum absolute atomic E-state index is 0.0708. The zero-order chi connectivity index (χ0) is 22.0. The number of ether oxygens (including phenoxy) is 1. The Bertz CT molecular complexity index is 1100. The highest BCUT2D eigenvalue weighted by Gasteiger charge is 2.39. The molecule has 2 aromatic carbocycles. The topological polar surface area (TPSA) is 71.5 Å². The summed E-state index contributed by atoms with van der Waals surface area (Å²) in [6.07, 6.45) is 0.541. The van der Waals surface area contributed by atoms with Crippen LogP contribution in [0.5, 0.6) is 11.5 Å². The first-order valence-corrected chi connectivity index (χ1v) is 10.0. The van der Waals surface area contributed by atoms with E-state index in [-0.39, 0.29) is 23.7 Å². The van der Waals surface area contributed by atoms with Crippen LogP contribution in [0.4, 0.5) is 10.2 Å². The fourth-order valence-electron chi connectivity index (χ4n) is 3.69. The van der Waals surface area contributed by atoms with E-state index in [2.05, 4.69) is 10.3 Å². The van der Waals surface area contributed by atoms with Crippen LogP contribution in [-0.4, -0.2) is 28.9 Å². The highest BCUT2D eigenvalue weighted by molar-refractivity contribution is 6.01. The van der Waals surface area contributed by atoms with Crippen molar-refractivity contribution in [2.24, 2.45) is 0 Å². The third-order valence-corrected chi connectivity index (χ3v) is 5.11. The predicted molar refractivity (Wildman–Crippen MR) is 115 cm³/mol. The van der Waals surface area contributed by atoms with Crippen molar-refractivity contribution in [3.8, 4) is 22.8 Å². The van der Waals surface area contributed by atoms with E-state index in [9.17, 15) is 14.0 Å². The quantitative estimate of drug-likeness (QED) is 0.669. The van der Waals surface area contributed by atoms with Crippen LogP contribution in [-0.2, 0) is 9.59 Å². The van der Waals surface area contributed by atoms with Crippen molar-refractivity contribution in [3.63, 3.8) is 0 Å². The number of hydrogen-bond acceptors (Lipinski definition) is 4. The Morgan fingerprint density at radius 1 is 1.06 bits per heavy atom. The van der Waals surface area contributed by atoms with Gasteiger partial charge in [0.2, 0.25) is 5.91 Å². The van der Waals surface area contributed by atoms with E-state index in [4.69, 9.17) is 4.74 Å². The molecule has 7 heteroatoms. The molecule has 2 heterocycles. The van der Waals surface area contributed by atoms with Crippen LogP contribution in [0.2, 0.25) is 0 Å². The molecule has 158 valence electrons. The average molecular weight is 419 g/mol. The van der Waals surface area contributed by atoms with E-state index in [0.29, 0.717) is 29.4 Å². The van der Waals surface area contributed by atoms with Crippen LogP contribution in [0.3, 0.4) is 0 Å². The molecule has 3 aromatic rings.